The summed E-state index contributed by atoms with van der Waals surface area (Å²) in [7, 11) is 0. The Balaban J connectivity index is 2.94. The molecule has 3 nitrogen and oxygen atoms in total. The Kier molecular flexibility index (Phi) is 1.35. The van der Waals surface area contributed by atoms with E-state index in [1.165, 1.54) is 11.5 Å². The minimum atomic E-state index is 0.988. The van der Waals surface area contributed by atoms with E-state index in [0.717, 1.165) is 21.6 Å². The third-order valence-electron chi connectivity index (χ3n) is 1.60. The van der Waals surface area contributed by atoms with Crippen molar-refractivity contribution in [1.82, 2.24) is 14.3 Å². The molecule has 56 valence electrons. The van der Waals surface area contributed by atoms with Gasteiger partial charge in [-0.3, -0.25) is 0 Å². The van der Waals surface area contributed by atoms with E-state index in [4.69, 9.17) is 0 Å². The van der Waals surface area contributed by atoms with Crippen molar-refractivity contribution >= 4 is 21.7 Å². The fraction of sp³-hybridized carbons (Fsp3) is 0.286. The highest BCUT2D eigenvalue weighted by atomic mass is 32.1. The summed E-state index contributed by atoms with van der Waals surface area (Å²) in [5, 5.41) is 0. The summed E-state index contributed by atoms with van der Waals surface area (Å²) in [5.41, 5.74) is 3.00. The molecule has 2 aromatic heterocycles. The second-order valence-electron chi connectivity index (χ2n) is 2.40. The minimum absolute atomic E-state index is 0.988. The van der Waals surface area contributed by atoms with Crippen LogP contribution >= 0.6 is 11.5 Å². The van der Waals surface area contributed by atoms with Gasteiger partial charge >= 0.3 is 0 Å². The normalized spacial score (nSPS) is 10.7. The molecule has 0 aromatic carbocycles. The van der Waals surface area contributed by atoms with Gasteiger partial charge in [-0.05, 0) is 25.4 Å². The van der Waals surface area contributed by atoms with Crippen LogP contribution in [-0.2, 0) is 0 Å². The topological polar surface area (TPSA) is 38.7 Å². The van der Waals surface area contributed by atoms with Gasteiger partial charge < -0.3 is 0 Å². The van der Waals surface area contributed by atoms with Crippen molar-refractivity contribution < 1.29 is 0 Å². The van der Waals surface area contributed by atoms with Gasteiger partial charge in [-0.1, -0.05) is 0 Å². The molecule has 0 fully saturated rings. The molecular formula is C7H7N3S. The van der Waals surface area contributed by atoms with Gasteiger partial charge in [0.05, 0.1) is 16.1 Å². The predicted molar refractivity (Wildman–Crippen MR) is 44.7 cm³/mol. The van der Waals surface area contributed by atoms with Gasteiger partial charge in [-0.15, -0.1) is 0 Å². The lowest BCUT2D eigenvalue weighted by molar-refractivity contribution is 1.15. The molecule has 0 aliphatic rings. The molecule has 2 aromatic rings. The monoisotopic (exact) mass is 165 g/mol. The van der Waals surface area contributed by atoms with Gasteiger partial charge in [0.2, 0.25) is 0 Å². The summed E-state index contributed by atoms with van der Waals surface area (Å²) in [5.74, 6) is 0. The Labute approximate surface area is 68.3 Å². The molecule has 0 saturated carbocycles. The highest BCUT2D eigenvalue weighted by Gasteiger charge is 2.04. The first-order valence-corrected chi connectivity index (χ1v) is 4.10. The molecule has 0 bridgehead atoms. The fourth-order valence-corrected chi connectivity index (χ4v) is 1.77. The second kappa shape index (κ2) is 2.23. The van der Waals surface area contributed by atoms with Crippen LogP contribution in [0.3, 0.4) is 0 Å². The predicted octanol–water partition coefficient (Wildman–Crippen LogP) is 1.70. The number of aromatic nitrogens is 3. The maximum Gasteiger partial charge on any atom is 0.116 e. The Morgan fingerprint density at radius 1 is 1.18 bits per heavy atom. The Bertz CT molecular complexity index is 393. The van der Waals surface area contributed by atoms with Gasteiger partial charge in [-0.2, -0.15) is 4.37 Å². The lowest BCUT2D eigenvalue weighted by atomic mass is 10.3. The van der Waals surface area contributed by atoms with Crippen molar-refractivity contribution in [3.8, 4) is 0 Å². The first kappa shape index (κ1) is 6.67. The van der Waals surface area contributed by atoms with E-state index in [9.17, 15) is 0 Å². The Morgan fingerprint density at radius 3 is 2.73 bits per heavy atom. The zero-order valence-corrected chi connectivity index (χ0v) is 7.14. The summed E-state index contributed by atoms with van der Waals surface area (Å²) in [6, 6.07) is 0. The van der Waals surface area contributed by atoms with Gasteiger partial charge in [0.1, 0.15) is 11.8 Å². The first-order chi connectivity index (χ1) is 5.29. The molecule has 0 spiro atoms. The minimum Gasteiger partial charge on any atom is -0.240 e. The van der Waals surface area contributed by atoms with E-state index in [1.54, 1.807) is 6.33 Å². The number of aryl methyl sites for hydroxylation is 2. The van der Waals surface area contributed by atoms with Crippen molar-refractivity contribution in [2.45, 2.75) is 13.8 Å². The third kappa shape index (κ3) is 0.903. The van der Waals surface area contributed by atoms with E-state index < -0.39 is 0 Å². The van der Waals surface area contributed by atoms with Crippen LogP contribution < -0.4 is 0 Å². The number of hydrogen-bond donors (Lipinski definition) is 0. The molecule has 2 rings (SSSR count). The van der Waals surface area contributed by atoms with E-state index in [-0.39, 0.29) is 0 Å². The average molecular weight is 165 g/mol. The summed E-state index contributed by atoms with van der Waals surface area (Å²) in [6.07, 6.45) is 1.58. The molecule has 0 aliphatic carbocycles. The van der Waals surface area contributed by atoms with Crippen LogP contribution in [0.25, 0.3) is 10.2 Å². The number of fused-ring (bicyclic) bond motifs is 1. The molecular weight excluding hydrogens is 158 g/mol. The average Bonchev–Trinajstić information content (AvgIpc) is 2.35. The number of rotatable bonds is 0. The van der Waals surface area contributed by atoms with E-state index in [0.29, 0.717) is 0 Å². The molecule has 0 atom stereocenters. The van der Waals surface area contributed by atoms with Crippen LogP contribution in [0.4, 0.5) is 0 Å². The molecule has 4 heteroatoms. The van der Waals surface area contributed by atoms with E-state index in [2.05, 4.69) is 14.3 Å². The van der Waals surface area contributed by atoms with Crippen LogP contribution in [0.5, 0.6) is 0 Å². The summed E-state index contributed by atoms with van der Waals surface area (Å²) in [4.78, 5) is 8.22. The van der Waals surface area contributed by atoms with Crippen LogP contribution in [0.1, 0.15) is 11.4 Å². The first-order valence-electron chi connectivity index (χ1n) is 3.32. The summed E-state index contributed by atoms with van der Waals surface area (Å²) < 4.78 is 5.30. The van der Waals surface area contributed by atoms with E-state index >= 15 is 0 Å². The lowest BCUT2D eigenvalue weighted by Crippen LogP contribution is -1.83. The zero-order valence-electron chi connectivity index (χ0n) is 6.33. The highest BCUT2D eigenvalue weighted by Crippen LogP contribution is 2.20. The third-order valence-corrected chi connectivity index (χ3v) is 2.63. The van der Waals surface area contributed by atoms with Gasteiger partial charge in [0.25, 0.3) is 0 Å². The fourth-order valence-electron chi connectivity index (χ4n) is 0.986. The lowest BCUT2D eigenvalue weighted by Gasteiger charge is -1.90. The molecule has 0 saturated heterocycles. The SMILES string of the molecule is Cc1nsc2c(C)ncnc12. The van der Waals surface area contributed by atoms with Gasteiger partial charge in [0.15, 0.2) is 0 Å². The quantitative estimate of drug-likeness (QED) is 0.596. The summed E-state index contributed by atoms with van der Waals surface area (Å²) in [6.45, 7) is 3.94. The van der Waals surface area contributed by atoms with Crippen molar-refractivity contribution in [2.24, 2.45) is 0 Å². The maximum atomic E-state index is 4.20. The van der Waals surface area contributed by atoms with Crippen molar-refractivity contribution in [3.63, 3.8) is 0 Å². The second-order valence-corrected chi connectivity index (χ2v) is 3.18. The summed E-state index contributed by atoms with van der Waals surface area (Å²) >= 11 is 1.47. The van der Waals surface area contributed by atoms with Crippen LogP contribution in [0.2, 0.25) is 0 Å². The molecule has 2 heterocycles. The number of hydrogen-bond acceptors (Lipinski definition) is 4. The number of nitrogens with zero attached hydrogens (tertiary/aromatic N) is 3. The Hall–Kier alpha value is -1.03. The van der Waals surface area contributed by atoms with E-state index in [1.807, 2.05) is 13.8 Å². The molecule has 0 unspecified atom stereocenters. The molecule has 0 N–H and O–H groups in total. The molecule has 11 heavy (non-hydrogen) atoms. The smallest absolute Gasteiger partial charge is 0.116 e. The largest absolute Gasteiger partial charge is 0.240 e. The molecule has 0 aliphatic heterocycles. The van der Waals surface area contributed by atoms with Crippen molar-refractivity contribution in [1.29, 1.82) is 0 Å². The van der Waals surface area contributed by atoms with Gasteiger partial charge in [-0.25, -0.2) is 9.97 Å². The zero-order chi connectivity index (χ0) is 7.84. The van der Waals surface area contributed by atoms with Crippen LogP contribution in [0.15, 0.2) is 6.33 Å². The van der Waals surface area contributed by atoms with Gasteiger partial charge in [0, 0.05) is 0 Å². The standard InChI is InChI=1S/C7H7N3S/c1-4-6-7(11-10-4)5(2)8-3-9-6/h3H,1-2H3. The van der Waals surface area contributed by atoms with Crippen molar-refractivity contribution in [2.75, 3.05) is 0 Å². The van der Waals surface area contributed by atoms with Crippen LogP contribution in [-0.4, -0.2) is 14.3 Å². The van der Waals surface area contributed by atoms with Crippen molar-refractivity contribution in [3.05, 3.63) is 17.7 Å². The highest BCUT2D eigenvalue weighted by molar-refractivity contribution is 7.13. The van der Waals surface area contributed by atoms with Crippen LogP contribution in [0, 0.1) is 13.8 Å². The Morgan fingerprint density at radius 2 is 2.00 bits per heavy atom. The maximum absolute atomic E-state index is 4.20. The molecule has 0 amide bonds. The molecule has 0 radical (unpaired) electrons.